The van der Waals surface area contributed by atoms with Crippen LogP contribution < -0.4 is 5.32 Å². The van der Waals surface area contributed by atoms with Gasteiger partial charge < -0.3 is 10.2 Å². The van der Waals surface area contributed by atoms with Gasteiger partial charge in [0.2, 0.25) is 11.8 Å². The molecule has 0 aromatic heterocycles. The molecule has 0 unspecified atom stereocenters. The minimum atomic E-state index is -0.322. The van der Waals surface area contributed by atoms with Crippen molar-refractivity contribution in [2.24, 2.45) is 0 Å². The molecule has 27 heavy (non-hydrogen) atoms. The second-order valence-electron chi connectivity index (χ2n) is 7.01. The van der Waals surface area contributed by atoms with Gasteiger partial charge >= 0.3 is 0 Å². The van der Waals surface area contributed by atoms with E-state index in [4.69, 9.17) is 0 Å². The first-order valence-corrected chi connectivity index (χ1v) is 9.45. The lowest BCUT2D eigenvalue weighted by atomic mass is 10.0. The highest BCUT2D eigenvalue weighted by Crippen LogP contribution is 2.14. The maximum atomic E-state index is 13.2. The summed E-state index contributed by atoms with van der Waals surface area (Å²) in [7, 11) is 0. The molecule has 0 saturated carbocycles. The molecule has 4 nitrogen and oxygen atoms in total. The molecule has 1 fully saturated rings. The van der Waals surface area contributed by atoms with Crippen molar-refractivity contribution in [3.63, 3.8) is 0 Å². The summed E-state index contributed by atoms with van der Waals surface area (Å²) in [6, 6.07) is 16.2. The zero-order valence-corrected chi connectivity index (χ0v) is 15.4. The smallest absolute Gasteiger partial charge is 0.226 e. The van der Waals surface area contributed by atoms with Gasteiger partial charge in [0.15, 0.2) is 0 Å². The molecular formula is C22H25FN2O2. The summed E-state index contributed by atoms with van der Waals surface area (Å²) in [4.78, 5) is 26.3. The third kappa shape index (κ3) is 5.91. The fraction of sp³-hybridized carbons (Fsp3) is 0.364. The highest BCUT2D eigenvalue weighted by molar-refractivity contribution is 5.79. The molecule has 1 N–H and O–H groups in total. The van der Waals surface area contributed by atoms with E-state index in [0.717, 1.165) is 24.8 Å². The summed E-state index contributed by atoms with van der Waals surface area (Å²) in [5.41, 5.74) is 1.85. The van der Waals surface area contributed by atoms with Crippen LogP contribution in [0, 0.1) is 5.82 Å². The van der Waals surface area contributed by atoms with E-state index in [0.29, 0.717) is 25.1 Å². The van der Waals surface area contributed by atoms with Crippen LogP contribution in [-0.4, -0.2) is 35.8 Å². The van der Waals surface area contributed by atoms with Crippen LogP contribution in [-0.2, 0) is 22.4 Å². The second kappa shape index (κ2) is 9.31. The molecule has 1 aliphatic heterocycles. The summed E-state index contributed by atoms with van der Waals surface area (Å²) in [5.74, 6) is -0.255. The molecule has 3 rings (SSSR count). The molecule has 0 aliphatic carbocycles. The summed E-state index contributed by atoms with van der Waals surface area (Å²) >= 11 is 0. The second-order valence-corrected chi connectivity index (χ2v) is 7.01. The summed E-state index contributed by atoms with van der Waals surface area (Å²) in [6.07, 6.45) is 2.93. The minimum Gasteiger partial charge on any atom is -0.353 e. The lowest BCUT2D eigenvalue weighted by Gasteiger charge is -2.32. The van der Waals surface area contributed by atoms with Crippen molar-refractivity contribution in [1.29, 1.82) is 0 Å². The molecule has 1 heterocycles. The van der Waals surface area contributed by atoms with Crippen LogP contribution >= 0.6 is 0 Å². The van der Waals surface area contributed by atoms with Gasteiger partial charge in [0.05, 0.1) is 6.42 Å². The number of nitrogens with one attached hydrogen (secondary N) is 1. The van der Waals surface area contributed by atoms with Gasteiger partial charge in [-0.2, -0.15) is 0 Å². The van der Waals surface area contributed by atoms with Gasteiger partial charge in [-0.3, -0.25) is 9.59 Å². The maximum Gasteiger partial charge on any atom is 0.226 e. The molecule has 0 bridgehead atoms. The van der Waals surface area contributed by atoms with Crippen LogP contribution in [0.5, 0.6) is 0 Å². The van der Waals surface area contributed by atoms with Crippen molar-refractivity contribution in [3.8, 4) is 0 Å². The first-order chi connectivity index (χ1) is 13.1. The number of amides is 2. The van der Waals surface area contributed by atoms with Crippen molar-refractivity contribution in [2.75, 3.05) is 13.1 Å². The maximum absolute atomic E-state index is 13.2. The van der Waals surface area contributed by atoms with E-state index in [1.54, 1.807) is 17.0 Å². The molecule has 0 atom stereocenters. The Labute approximate surface area is 159 Å². The predicted octanol–water partition coefficient (Wildman–Crippen LogP) is 3.11. The Kier molecular flexibility index (Phi) is 6.58. The molecule has 2 amide bonds. The Bertz CT molecular complexity index is 771. The van der Waals surface area contributed by atoms with E-state index >= 15 is 0 Å². The lowest BCUT2D eigenvalue weighted by molar-refractivity contribution is -0.131. The molecule has 2 aromatic rings. The summed E-state index contributed by atoms with van der Waals surface area (Å²) < 4.78 is 13.2. The van der Waals surface area contributed by atoms with Crippen molar-refractivity contribution < 1.29 is 14.0 Å². The van der Waals surface area contributed by atoms with Crippen LogP contribution in [0.1, 0.15) is 30.4 Å². The Balaban J connectivity index is 1.39. The number of hydrogen-bond donors (Lipinski definition) is 1. The minimum absolute atomic E-state index is 0.00875. The zero-order chi connectivity index (χ0) is 19.1. The van der Waals surface area contributed by atoms with Crippen LogP contribution in [0.25, 0.3) is 0 Å². The van der Waals surface area contributed by atoms with Crippen molar-refractivity contribution in [3.05, 3.63) is 71.5 Å². The number of benzene rings is 2. The van der Waals surface area contributed by atoms with Crippen LogP contribution in [0.15, 0.2) is 54.6 Å². The predicted molar refractivity (Wildman–Crippen MR) is 103 cm³/mol. The van der Waals surface area contributed by atoms with Gasteiger partial charge in [-0.05, 0) is 42.5 Å². The molecule has 142 valence electrons. The van der Waals surface area contributed by atoms with Crippen LogP contribution in [0.4, 0.5) is 4.39 Å². The SMILES string of the molecule is O=C(CCc1ccccc1)NC1CCN(C(=O)Cc2cccc(F)c2)CC1. The molecule has 1 aliphatic rings. The van der Waals surface area contributed by atoms with E-state index in [1.165, 1.54) is 12.1 Å². The number of carbonyl (C=O) groups excluding carboxylic acids is 2. The number of rotatable bonds is 6. The first kappa shape index (κ1) is 19.1. The number of aryl methyl sites for hydroxylation is 1. The summed E-state index contributed by atoms with van der Waals surface area (Å²) in [5, 5.41) is 3.08. The highest BCUT2D eigenvalue weighted by Gasteiger charge is 2.23. The topological polar surface area (TPSA) is 49.4 Å². The average molecular weight is 368 g/mol. The van der Waals surface area contributed by atoms with E-state index in [9.17, 15) is 14.0 Å². The largest absolute Gasteiger partial charge is 0.353 e. The Morgan fingerprint density at radius 2 is 1.70 bits per heavy atom. The third-order valence-electron chi connectivity index (χ3n) is 4.94. The molecule has 2 aromatic carbocycles. The molecule has 5 heteroatoms. The first-order valence-electron chi connectivity index (χ1n) is 9.45. The van der Waals surface area contributed by atoms with Crippen LogP contribution in [0.3, 0.4) is 0 Å². The standard InChI is InChI=1S/C22H25FN2O2/c23-19-8-4-7-18(15-19)16-22(27)25-13-11-20(12-14-25)24-21(26)10-9-17-5-2-1-3-6-17/h1-8,15,20H,9-14,16H2,(H,24,26). The Hall–Kier alpha value is -2.69. The monoisotopic (exact) mass is 368 g/mol. The van der Waals surface area contributed by atoms with Gasteiger partial charge in [0, 0.05) is 25.6 Å². The van der Waals surface area contributed by atoms with Crippen molar-refractivity contribution >= 4 is 11.8 Å². The number of nitrogens with zero attached hydrogens (tertiary/aromatic N) is 1. The van der Waals surface area contributed by atoms with Gasteiger partial charge in [-0.1, -0.05) is 42.5 Å². The zero-order valence-electron chi connectivity index (χ0n) is 15.4. The number of halogens is 1. The van der Waals surface area contributed by atoms with Crippen LogP contribution in [0.2, 0.25) is 0 Å². The Morgan fingerprint density at radius 3 is 2.41 bits per heavy atom. The van der Waals surface area contributed by atoms with Gasteiger partial charge in [-0.15, -0.1) is 0 Å². The fourth-order valence-corrected chi connectivity index (χ4v) is 3.41. The van der Waals surface area contributed by atoms with E-state index in [1.807, 2.05) is 30.3 Å². The van der Waals surface area contributed by atoms with Gasteiger partial charge in [0.1, 0.15) is 5.82 Å². The number of hydrogen-bond acceptors (Lipinski definition) is 2. The number of carbonyl (C=O) groups is 2. The van der Waals surface area contributed by atoms with Crippen molar-refractivity contribution in [1.82, 2.24) is 10.2 Å². The summed E-state index contributed by atoms with van der Waals surface area (Å²) in [6.45, 7) is 1.25. The normalized spacial score (nSPS) is 14.8. The van der Waals surface area contributed by atoms with Gasteiger partial charge in [-0.25, -0.2) is 4.39 Å². The highest BCUT2D eigenvalue weighted by atomic mass is 19.1. The van der Waals surface area contributed by atoms with E-state index in [2.05, 4.69) is 5.32 Å². The lowest BCUT2D eigenvalue weighted by Crippen LogP contribution is -2.47. The van der Waals surface area contributed by atoms with E-state index in [-0.39, 0.29) is 30.1 Å². The number of piperidine rings is 1. The molecule has 0 spiro atoms. The van der Waals surface area contributed by atoms with Gasteiger partial charge in [0.25, 0.3) is 0 Å². The molecular weight excluding hydrogens is 343 g/mol. The average Bonchev–Trinajstić information content (AvgIpc) is 2.68. The third-order valence-corrected chi connectivity index (χ3v) is 4.94. The fourth-order valence-electron chi connectivity index (χ4n) is 3.41. The van der Waals surface area contributed by atoms with Crippen molar-refractivity contribution in [2.45, 2.75) is 38.1 Å². The molecule has 1 saturated heterocycles. The molecule has 0 radical (unpaired) electrons. The number of likely N-dealkylation sites (tertiary alicyclic amines) is 1. The quantitative estimate of drug-likeness (QED) is 0.852. The van der Waals surface area contributed by atoms with E-state index < -0.39 is 0 Å². The Morgan fingerprint density at radius 1 is 1.00 bits per heavy atom.